The van der Waals surface area contributed by atoms with Crippen molar-refractivity contribution in [3.8, 4) is 0 Å². The molecule has 0 aliphatic carbocycles. The summed E-state index contributed by atoms with van der Waals surface area (Å²) in [5, 5.41) is 2.14. The number of rotatable bonds is 6. The fourth-order valence-corrected chi connectivity index (χ4v) is 2.06. The minimum Gasteiger partial charge on any atom is -0.329 e. The molecular formula is C10H18N2S. The first-order chi connectivity index (χ1) is 6.33. The van der Waals surface area contributed by atoms with Crippen LogP contribution in [0.3, 0.4) is 0 Å². The molecule has 2 N–H and O–H groups in total. The molecule has 1 heterocycles. The Morgan fingerprint density at radius 2 is 2.31 bits per heavy atom. The van der Waals surface area contributed by atoms with E-state index in [0.29, 0.717) is 0 Å². The zero-order valence-electron chi connectivity index (χ0n) is 8.20. The van der Waals surface area contributed by atoms with Gasteiger partial charge in [0.25, 0.3) is 0 Å². The summed E-state index contributed by atoms with van der Waals surface area (Å²) >= 11 is 1.84. The number of likely N-dealkylation sites (N-methyl/N-ethyl adjacent to an activating group) is 1. The van der Waals surface area contributed by atoms with Gasteiger partial charge in [-0.3, -0.25) is 0 Å². The molecule has 0 saturated heterocycles. The van der Waals surface area contributed by atoms with Crippen LogP contribution in [0.25, 0.3) is 0 Å². The third-order valence-corrected chi connectivity index (χ3v) is 2.99. The van der Waals surface area contributed by atoms with Crippen molar-refractivity contribution in [1.82, 2.24) is 4.90 Å². The van der Waals surface area contributed by atoms with Crippen LogP contribution in [0.15, 0.2) is 17.5 Å². The number of nitrogens with zero attached hydrogens (tertiary/aromatic N) is 1. The molecular weight excluding hydrogens is 180 g/mol. The first-order valence-corrected chi connectivity index (χ1v) is 5.62. The van der Waals surface area contributed by atoms with Gasteiger partial charge in [0, 0.05) is 18.0 Å². The van der Waals surface area contributed by atoms with Crippen LogP contribution in [0.4, 0.5) is 0 Å². The zero-order valence-corrected chi connectivity index (χ0v) is 9.02. The molecule has 2 nitrogen and oxygen atoms in total. The van der Waals surface area contributed by atoms with Gasteiger partial charge in [-0.05, 0) is 37.9 Å². The lowest BCUT2D eigenvalue weighted by molar-refractivity contribution is 0.339. The van der Waals surface area contributed by atoms with Crippen LogP contribution in [-0.4, -0.2) is 31.6 Å². The van der Waals surface area contributed by atoms with E-state index in [0.717, 1.165) is 19.6 Å². The molecule has 0 spiro atoms. The number of hydrogen-bond acceptors (Lipinski definition) is 3. The second-order valence-corrected chi connectivity index (χ2v) is 4.31. The molecule has 0 fully saturated rings. The van der Waals surface area contributed by atoms with E-state index >= 15 is 0 Å². The molecule has 13 heavy (non-hydrogen) atoms. The Bertz CT molecular complexity index is 209. The van der Waals surface area contributed by atoms with Gasteiger partial charge in [0.1, 0.15) is 0 Å². The Balaban J connectivity index is 2.07. The molecule has 1 rings (SSSR count). The van der Waals surface area contributed by atoms with Gasteiger partial charge in [0.15, 0.2) is 0 Å². The molecule has 0 amide bonds. The molecule has 0 atom stereocenters. The van der Waals surface area contributed by atoms with Crippen molar-refractivity contribution in [3.05, 3.63) is 22.4 Å². The molecule has 0 aliphatic rings. The lowest BCUT2D eigenvalue weighted by Crippen LogP contribution is -2.26. The standard InChI is InChI=1S/C10H18N2S/c1-12(8-6-11)7-2-4-10-5-3-9-13-10/h3,5,9H,2,4,6-8,11H2,1H3. The monoisotopic (exact) mass is 198 g/mol. The van der Waals surface area contributed by atoms with Crippen molar-refractivity contribution >= 4 is 11.3 Å². The van der Waals surface area contributed by atoms with Crippen LogP contribution in [0.1, 0.15) is 11.3 Å². The maximum Gasteiger partial charge on any atom is 0.0102 e. The van der Waals surface area contributed by atoms with Gasteiger partial charge in [0.05, 0.1) is 0 Å². The van der Waals surface area contributed by atoms with Crippen molar-refractivity contribution in [2.75, 3.05) is 26.7 Å². The summed E-state index contributed by atoms with van der Waals surface area (Å²) in [4.78, 5) is 3.77. The van der Waals surface area contributed by atoms with Gasteiger partial charge >= 0.3 is 0 Å². The molecule has 0 bridgehead atoms. The first kappa shape index (κ1) is 10.7. The Labute approximate surface area is 84.4 Å². The Morgan fingerprint density at radius 3 is 2.92 bits per heavy atom. The number of thiophene rings is 1. The third-order valence-electron chi connectivity index (χ3n) is 2.05. The van der Waals surface area contributed by atoms with Gasteiger partial charge in [-0.25, -0.2) is 0 Å². The molecule has 3 heteroatoms. The minimum absolute atomic E-state index is 0.759. The predicted molar refractivity (Wildman–Crippen MR) is 59.2 cm³/mol. The van der Waals surface area contributed by atoms with Crippen LogP contribution in [0.5, 0.6) is 0 Å². The lowest BCUT2D eigenvalue weighted by Gasteiger charge is -2.14. The highest BCUT2D eigenvalue weighted by molar-refractivity contribution is 7.09. The molecule has 0 saturated carbocycles. The molecule has 1 aromatic rings. The molecule has 0 radical (unpaired) electrons. The van der Waals surface area contributed by atoms with E-state index in [2.05, 4.69) is 29.5 Å². The van der Waals surface area contributed by atoms with E-state index in [1.807, 2.05) is 11.3 Å². The van der Waals surface area contributed by atoms with E-state index in [1.54, 1.807) is 0 Å². The SMILES string of the molecule is CN(CCN)CCCc1cccs1. The summed E-state index contributed by atoms with van der Waals surface area (Å²) in [6.45, 7) is 2.91. The molecule has 74 valence electrons. The molecule has 1 aromatic heterocycles. The van der Waals surface area contributed by atoms with Crippen LogP contribution in [0.2, 0.25) is 0 Å². The van der Waals surface area contributed by atoms with Crippen LogP contribution < -0.4 is 5.73 Å². The fourth-order valence-electron chi connectivity index (χ4n) is 1.31. The molecule has 0 unspecified atom stereocenters. The van der Waals surface area contributed by atoms with E-state index in [4.69, 9.17) is 5.73 Å². The highest BCUT2D eigenvalue weighted by Gasteiger charge is 1.97. The number of nitrogens with two attached hydrogens (primary N) is 1. The summed E-state index contributed by atoms with van der Waals surface area (Å²) in [7, 11) is 2.13. The van der Waals surface area contributed by atoms with E-state index in [9.17, 15) is 0 Å². The van der Waals surface area contributed by atoms with Crippen LogP contribution in [0, 0.1) is 0 Å². The van der Waals surface area contributed by atoms with Crippen LogP contribution in [-0.2, 0) is 6.42 Å². The van der Waals surface area contributed by atoms with Crippen molar-refractivity contribution in [3.63, 3.8) is 0 Å². The van der Waals surface area contributed by atoms with Gasteiger partial charge in [-0.1, -0.05) is 6.07 Å². The van der Waals surface area contributed by atoms with Crippen LogP contribution >= 0.6 is 11.3 Å². The Kier molecular flexibility index (Phi) is 5.05. The zero-order chi connectivity index (χ0) is 9.52. The summed E-state index contributed by atoms with van der Waals surface area (Å²) in [5.41, 5.74) is 5.46. The highest BCUT2D eigenvalue weighted by Crippen LogP contribution is 2.10. The minimum atomic E-state index is 0.759. The number of aryl methyl sites for hydroxylation is 1. The van der Waals surface area contributed by atoms with Gasteiger partial charge in [-0.15, -0.1) is 11.3 Å². The topological polar surface area (TPSA) is 29.3 Å². The Morgan fingerprint density at radius 1 is 1.46 bits per heavy atom. The van der Waals surface area contributed by atoms with Crippen molar-refractivity contribution in [2.24, 2.45) is 5.73 Å². The average Bonchev–Trinajstić information content (AvgIpc) is 2.57. The second-order valence-electron chi connectivity index (χ2n) is 3.27. The summed E-state index contributed by atoms with van der Waals surface area (Å²) in [6.07, 6.45) is 2.43. The maximum absolute atomic E-state index is 5.46. The highest BCUT2D eigenvalue weighted by atomic mass is 32.1. The average molecular weight is 198 g/mol. The smallest absolute Gasteiger partial charge is 0.0102 e. The molecule has 0 aromatic carbocycles. The third kappa shape index (κ3) is 4.41. The summed E-state index contributed by atoms with van der Waals surface area (Å²) < 4.78 is 0. The van der Waals surface area contributed by atoms with Crippen molar-refractivity contribution in [2.45, 2.75) is 12.8 Å². The van der Waals surface area contributed by atoms with Crippen molar-refractivity contribution in [1.29, 1.82) is 0 Å². The first-order valence-electron chi connectivity index (χ1n) is 4.74. The normalized spacial score (nSPS) is 11.0. The largest absolute Gasteiger partial charge is 0.329 e. The van der Waals surface area contributed by atoms with Gasteiger partial charge < -0.3 is 10.6 Å². The maximum atomic E-state index is 5.46. The second kappa shape index (κ2) is 6.13. The van der Waals surface area contributed by atoms with Crippen molar-refractivity contribution < 1.29 is 0 Å². The Hall–Kier alpha value is -0.380. The van der Waals surface area contributed by atoms with E-state index in [1.165, 1.54) is 17.7 Å². The van der Waals surface area contributed by atoms with Gasteiger partial charge in [-0.2, -0.15) is 0 Å². The molecule has 0 aliphatic heterocycles. The lowest BCUT2D eigenvalue weighted by atomic mass is 10.2. The summed E-state index contributed by atoms with van der Waals surface area (Å²) in [6, 6.07) is 4.32. The van der Waals surface area contributed by atoms with Gasteiger partial charge in [0.2, 0.25) is 0 Å². The summed E-state index contributed by atoms with van der Waals surface area (Å²) in [5.74, 6) is 0. The van der Waals surface area contributed by atoms with E-state index in [-0.39, 0.29) is 0 Å². The predicted octanol–water partition coefficient (Wildman–Crippen LogP) is 1.57. The quantitative estimate of drug-likeness (QED) is 0.752. The van der Waals surface area contributed by atoms with E-state index < -0.39 is 0 Å². The number of hydrogen-bond donors (Lipinski definition) is 1. The fraction of sp³-hybridized carbons (Fsp3) is 0.600.